The maximum atomic E-state index is 6.48. The predicted octanol–water partition coefficient (Wildman–Crippen LogP) is 3.27. The molecule has 1 spiro atoms. The normalized spacial score (nSPS) is 37.6. The van der Waals surface area contributed by atoms with Gasteiger partial charge >= 0.3 is 173 Å². The molecule has 0 bridgehead atoms. The quantitative estimate of drug-likeness (QED) is 0.530. The topological polar surface area (TPSA) is 43.4 Å². The van der Waals surface area contributed by atoms with E-state index in [1.807, 2.05) is 0 Å². The van der Waals surface area contributed by atoms with Gasteiger partial charge in [0.15, 0.2) is 0 Å². The van der Waals surface area contributed by atoms with Crippen LogP contribution in [0.4, 0.5) is 0 Å². The van der Waals surface area contributed by atoms with Gasteiger partial charge in [0, 0.05) is 0 Å². The van der Waals surface area contributed by atoms with Crippen LogP contribution in [0.3, 0.4) is 0 Å². The van der Waals surface area contributed by atoms with Gasteiger partial charge in [0.2, 0.25) is 0 Å². The molecule has 2 aliphatic rings. The van der Waals surface area contributed by atoms with E-state index in [4.69, 9.17) is 12.3 Å². The van der Waals surface area contributed by atoms with Gasteiger partial charge in [-0.05, 0) is 0 Å². The molecule has 0 radical (unpaired) electrons. The average molecular weight is 493 g/mol. The third-order valence-electron chi connectivity index (χ3n) is 5.10. The number of unbranched alkanes of at least 4 members (excludes halogenated alkanes) is 2. The second-order valence-electron chi connectivity index (χ2n) is 8.44. The van der Waals surface area contributed by atoms with Crippen molar-refractivity contribution in [1.82, 2.24) is 9.80 Å². The van der Waals surface area contributed by atoms with E-state index in [0.717, 1.165) is 39.3 Å². The summed E-state index contributed by atoms with van der Waals surface area (Å²) < 4.78 is 25.9. The molecule has 2 rings (SSSR count). The minimum atomic E-state index is -4.07. The van der Waals surface area contributed by atoms with E-state index in [9.17, 15) is 0 Å². The van der Waals surface area contributed by atoms with E-state index in [-0.39, 0.29) is 24.4 Å². The van der Waals surface area contributed by atoms with Gasteiger partial charge in [0.1, 0.15) is 0 Å². The summed E-state index contributed by atoms with van der Waals surface area (Å²) in [6.45, 7) is 18.9. The van der Waals surface area contributed by atoms with Crippen LogP contribution in [-0.2, 0) is 12.3 Å². The third kappa shape index (κ3) is 8.07. The standard InChI is InChI=1S/2C10H21NO2.Sn/c2*1-4-5-6-11(7-9(2)12)8-10(3)13;/h2*9-10H,4-8H2,1-3H3;/q2*-2;+4. The van der Waals surface area contributed by atoms with Gasteiger partial charge in [-0.15, -0.1) is 0 Å². The van der Waals surface area contributed by atoms with E-state index in [1.165, 1.54) is 25.7 Å². The number of hydrogen-bond donors (Lipinski definition) is 0. The Morgan fingerprint density at radius 1 is 0.630 bits per heavy atom. The zero-order chi connectivity index (χ0) is 19.9. The van der Waals surface area contributed by atoms with Gasteiger partial charge in [-0.3, -0.25) is 0 Å². The molecule has 0 aromatic heterocycles. The SMILES string of the molecule is CCCCN1CC(C)[O][Sn]2([O]C(C)C1)[O]C(C)CN(CCCC)CC(C)[O]2. The first-order chi connectivity index (χ1) is 12.9. The van der Waals surface area contributed by atoms with Crippen molar-refractivity contribution >= 4 is 20.0 Å². The molecule has 4 atom stereocenters. The predicted molar refractivity (Wildman–Crippen MR) is 111 cm³/mol. The number of nitrogens with zero attached hydrogens (tertiary/aromatic N) is 2. The molecule has 2 heterocycles. The molecule has 0 aromatic carbocycles. The molecule has 27 heavy (non-hydrogen) atoms. The Morgan fingerprint density at radius 2 is 0.926 bits per heavy atom. The summed E-state index contributed by atoms with van der Waals surface area (Å²) in [5.41, 5.74) is 0. The van der Waals surface area contributed by atoms with Crippen LogP contribution >= 0.6 is 0 Å². The summed E-state index contributed by atoms with van der Waals surface area (Å²) in [4.78, 5) is 4.92. The van der Waals surface area contributed by atoms with Crippen LogP contribution in [0, 0.1) is 0 Å². The van der Waals surface area contributed by atoms with Gasteiger partial charge < -0.3 is 0 Å². The second-order valence-corrected chi connectivity index (χ2v) is 14.0. The van der Waals surface area contributed by atoms with E-state index in [1.54, 1.807) is 0 Å². The van der Waals surface area contributed by atoms with Gasteiger partial charge in [-0.25, -0.2) is 0 Å². The Morgan fingerprint density at radius 3 is 1.19 bits per heavy atom. The van der Waals surface area contributed by atoms with Crippen LogP contribution in [0.15, 0.2) is 0 Å². The second kappa shape index (κ2) is 11.7. The fourth-order valence-corrected chi connectivity index (χ4v) is 11.5. The average Bonchev–Trinajstić information content (AvgIpc) is 2.54. The first kappa shape index (κ1) is 23.8. The fourth-order valence-electron chi connectivity index (χ4n) is 4.03. The fraction of sp³-hybridized carbons (Fsp3) is 1.00. The summed E-state index contributed by atoms with van der Waals surface area (Å²) in [6, 6.07) is 0. The molecule has 2 aliphatic heterocycles. The number of hydrogen-bond acceptors (Lipinski definition) is 6. The summed E-state index contributed by atoms with van der Waals surface area (Å²) >= 11 is -4.07. The van der Waals surface area contributed by atoms with Crippen molar-refractivity contribution in [3.8, 4) is 0 Å². The molecule has 0 aromatic rings. The molecule has 4 unspecified atom stereocenters. The van der Waals surface area contributed by atoms with Crippen molar-refractivity contribution in [2.75, 3.05) is 39.3 Å². The summed E-state index contributed by atoms with van der Waals surface area (Å²) in [5, 5.41) is 0. The van der Waals surface area contributed by atoms with Crippen LogP contribution in [0.5, 0.6) is 0 Å². The zero-order valence-electron chi connectivity index (χ0n) is 18.4. The van der Waals surface area contributed by atoms with Crippen molar-refractivity contribution in [3.63, 3.8) is 0 Å². The van der Waals surface area contributed by atoms with Gasteiger partial charge in [-0.1, -0.05) is 0 Å². The molecule has 0 saturated carbocycles. The Balaban J connectivity index is 2.06. The molecule has 0 N–H and O–H groups in total. The Kier molecular flexibility index (Phi) is 10.3. The van der Waals surface area contributed by atoms with Crippen molar-refractivity contribution < 1.29 is 12.3 Å². The minimum absolute atomic E-state index is 0.0696. The Labute approximate surface area is 172 Å². The summed E-state index contributed by atoms with van der Waals surface area (Å²) in [6.07, 6.45) is 5.12. The van der Waals surface area contributed by atoms with Crippen LogP contribution in [0.1, 0.15) is 67.2 Å². The van der Waals surface area contributed by atoms with Gasteiger partial charge in [0.25, 0.3) is 0 Å². The first-order valence-electron chi connectivity index (χ1n) is 11.0. The van der Waals surface area contributed by atoms with E-state index in [2.05, 4.69) is 51.3 Å². The van der Waals surface area contributed by atoms with Crippen LogP contribution < -0.4 is 0 Å². The van der Waals surface area contributed by atoms with Crippen molar-refractivity contribution in [2.24, 2.45) is 0 Å². The molecule has 6 nitrogen and oxygen atoms in total. The summed E-state index contributed by atoms with van der Waals surface area (Å²) in [5.74, 6) is 0. The molecule has 2 fully saturated rings. The molecule has 160 valence electrons. The Hall–Kier alpha value is 0.559. The first-order valence-corrected chi connectivity index (χ1v) is 15.7. The zero-order valence-corrected chi connectivity index (χ0v) is 21.3. The van der Waals surface area contributed by atoms with Gasteiger partial charge in [-0.2, -0.15) is 0 Å². The molecular formula is C20H42N2O4Sn. The molecule has 7 heteroatoms. The van der Waals surface area contributed by atoms with Crippen molar-refractivity contribution in [3.05, 3.63) is 0 Å². The molecule has 2 saturated heterocycles. The number of rotatable bonds is 6. The molecule has 0 aliphatic carbocycles. The molecule has 0 amide bonds. The third-order valence-corrected chi connectivity index (χ3v) is 13.0. The van der Waals surface area contributed by atoms with Crippen molar-refractivity contribution in [2.45, 2.75) is 91.6 Å². The van der Waals surface area contributed by atoms with Crippen LogP contribution in [0.25, 0.3) is 0 Å². The maximum absolute atomic E-state index is 6.48. The molecular weight excluding hydrogens is 451 g/mol. The Bertz CT molecular complexity index is 359. The van der Waals surface area contributed by atoms with Crippen LogP contribution in [0.2, 0.25) is 0 Å². The van der Waals surface area contributed by atoms with Gasteiger partial charge in [0.05, 0.1) is 0 Å². The monoisotopic (exact) mass is 494 g/mol. The van der Waals surface area contributed by atoms with E-state index in [0.29, 0.717) is 0 Å². The van der Waals surface area contributed by atoms with E-state index < -0.39 is 20.0 Å². The van der Waals surface area contributed by atoms with Crippen molar-refractivity contribution in [1.29, 1.82) is 0 Å². The van der Waals surface area contributed by atoms with Crippen LogP contribution in [-0.4, -0.2) is 93.5 Å². The summed E-state index contributed by atoms with van der Waals surface area (Å²) in [7, 11) is 0. The van der Waals surface area contributed by atoms with E-state index >= 15 is 0 Å².